The fourth-order valence-electron chi connectivity index (χ4n) is 2.49. The Morgan fingerprint density at radius 1 is 1.39 bits per heavy atom. The number of hydrogen-bond acceptors (Lipinski definition) is 4. The number of carbonyl (C=O) groups excluding carboxylic acids is 1. The van der Waals surface area contributed by atoms with Gasteiger partial charge in [-0.25, -0.2) is 4.98 Å². The van der Waals surface area contributed by atoms with Crippen LogP contribution in [0.15, 0.2) is 42.6 Å². The van der Waals surface area contributed by atoms with Gasteiger partial charge in [-0.3, -0.25) is 4.79 Å². The highest BCUT2D eigenvalue weighted by atomic mass is 16.5. The van der Waals surface area contributed by atoms with Crippen LogP contribution in [0.4, 0.5) is 5.82 Å². The van der Waals surface area contributed by atoms with Crippen LogP contribution in [-0.4, -0.2) is 30.2 Å². The van der Waals surface area contributed by atoms with E-state index in [1.165, 1.54) is 0 Å². The van der Waals surface area contributed by atoms with E-state index in [1.54, 1.807) is 18.3 Å². The van der Waals surface area contributed by atoms with Gasteiger partial charge in [0, 0.05) is 18.4 Å². The third-order valence-corrected chi connectivity index (χ3v) is 3.80. The molecule has 1 aromatic heterocycles. The summed E-state index contributed by atoms with van der Waals surface area (Å²) >= 11 is 0. The number of nitrogens with zero attached hydrogens (tertiary/aromatic N) is 1. The molecule has 2 aromatic rings. The number of anilines is 1. The lowest BCUT2D eigenvalue weighted by molar-refractivity contribution is 0.0679. The topological polar surface area (TPSA) is 60.5 Å². The molecule has 120 valence electrons. The molecular formula is C18H20N2O3. The summed E-state index contributed by atoms with van der Waals surface area (Å²) in [4.78, 5) is 16.5. The number of aromatic nitrogens is 1. The molecule has 1 aliphatic heterocycles. The zero-order chi connectivity index (χ0) is 16.1. The maximum Gasteiger partial charge on any atom is 0.256 e. The van der Waals surface area contributed by atoms with Gasteiger partial charge in [0.15, 0.2) is 0 Å². The lowest BCUT2D eigenvalue weighted by Crippen LogP contribution is -2.17. The normalized spacial score (nSPS) is 17.0. The molecule has 1 saturated heterocycles. The van der Waals surface area contributed by atoms with E-state index < -0.39 is 0 Å². The molecule has 0 spiro atoms. The number of nitrogens with one attached hydrogen (secondary N) is 1. The van der Waals surface area contributed by atoms with Crippen molar-refractivity contribution in [2.45, 2.75) is 25.9 Å². The van der Waals surface area contributed by atoms with Gasteiger partial charge in [-0.2, -0.15) is 0 Å². The summed E-state index contributed by atoms with van der Waals surface area (Å²) in [7, 11) is 0. The van der Waals surface area contributed by atoms with Gasteiger partial charge >= 0.3 is 0 Å². The Morgan fingerprint density at radius 2 is 2.30 bits per heavy atom. The minimum atomic E-state index is -0.200. The molecular weight excluding hydrogens is 292 g/mol. The molecule has 2 heterocycles. The van der Waals surface area contributed by atoms with Gasteiger partial charge in [-0.1, -0.05) is 12.1 Å². The van der Waals surface area contributed by atoms with Crippen molar-refractivity contribution in [3.8, 4) is 5.75 Å². The van der Waals surface area contributed by atoms with Crippen LogP contribution in [0.3, 0.4) is 0 Å². The summed E-state index contributed by atoms with van der Waals surface area (Å²) in [6.07, 6.45) is 3.92. The predicted octanol–water partition coefficient (Wildman–Crippen LogP) is 3.20. The fraction of sp³-hybridized carbons (Fsp3) is 0.333. The molecule has 0 saturated carbocycles. The molecule has 3 rings (SSSR count). The highest BCUT2D eigenvalue weighted by Crippen LogP contribution is 2.18. The zero-order valence-electron chi connectivity index (χ0n) is 13.1. The summed E-state index contributed by atoms with van der Waals surface area (Å²) < 4.78 is 11.3. The molecule has 0 aliphatic carbocycles. The van der Waals surface area contributed by atoms with E-state index >= 15 is 0 Å². The molecule has 0 radical (unpaired) electrons. The van der Waals surface area contributed by atoms with Gasteiger partial charge in [-0.05, 0) is 49.6 Å². The van der Waals surface area contributed by atoms with Crippen molar-refractivity contribution in [1.29, 1.82) is 0 Å². The summed E-state index contributed by atoms with van der Waals surface area (Å²) in [5, 5.41) is 2.82. The Hall–Kier alpha value is -2.40. The smallest absolute Gasteiger partial charge is 0.256 e. The fourth-order valence-corrected chi connectivity index (χ4v) is 2.49. The standard InChI is InChI=1S/C18H20N2O3/c1-13-5-3-9-19-17(13)20-18(21)14-6-2-7-15(11-14)23-12-16-8-4-10-22-16/h2-3,5-7,9,11,16H,4,8,10,12H2,1H3,(H,19,20,21). The average molecular weight is 312 g/mol. The van der Waals surface area contributed by atoms with Crippen LogP contribution < -0.4 is 10.1 Å². The summed E-state index contributed by atoms with van der Waals surface area (Å²) in [5.41, 5.74) is 1.46. The van der Waals surface area contributed by atoms with Crippen molar-refractivity contribution >= 4 is 11.7 Å². The highest BCUT2D eigenvalue weighted by Gasteiger charge is 2.16. The second-order valence-corrected chi connectivity index (χ2v) is 5.60. The largest absolute Gasteiger partial charge is 0.491 e. The molecule has 1 fully saturated rings. The van der Waals surface area contributed by atoms with Gasteiger partial charge in [-0.15, -0.1) is 0 Å². The number of carbonyl (C=O) groups is 1. The van der Waals surface area contributed by atoms with Gasteiger partial charge in [0.05, 0.1) is 6.10 Å². The first-order chi connectivity index (χ1) is 11.2. The van der Waals surface area contributed by atoms with Crippen molar-refractivity contribution in [2.24, 2.45) is 0 Å². The first-order valence-electron chi connectivity index (χ1n) is 7.80. The van der Waals surface area contributed by atoms with E-state index in [9.17, 15) is 4.79 Å². The quantitative estimate of drug-likeness (QED) is 0.921. The Bertz CT molecular complexity index is 681. The molecule has 0 bridgehead atoms. The average Bonchev–Trinajstić information content (AvgIpc) is 3.09. The Labute approximate surface area is 135 Å². The third-order valence-electron chi connectivity index (χ3n) is 3.80. The van der Waals surface area contributed by atoms with E-state index in [-0.39, 0.29) is 12.0 Å². The summed E-state index contributed by atoms with van der Waals surface area (Å²) in [6, 6.07) is 10.9. The number of ether oxygens (including phenoxy) is 2. The van der Waals surface area contributed by atoms with Gasteiger partial charge < -0.3 is 14.8 Å². The monoisotopic (exact) mass is 312 g/mol. The van der Waals surface area contributed by atoms with E-state index in [1.807, 2.05) is 31.2 Å². The van der Waals surface area contributed by atoms with Crippen LogP contribution in [0.1, 0.15) is 28.8 Å². The second-order valence-electron chi connectivity index (χ2n) is 5.60. The van der Waals surface area contributed by atoms with E-state index in [2.05, 4.69) is 10.3 Å². The molecule has 1 aliphatic rings. The van der Waals surface area contributed by atoms with Crippen LogP contribution >= 0.6 is 0 Å². The van der Waals surface area contributed by atoms with Crippen LogP contribution in [0.5, 0.6) is 5.75 Å². The number of rotatable bonds is 5. The molecule has 5 heteroatoms. The second kappa shape index (κ2) is 7.24. The highest BCUT2D eigenvalue weighted by molar-refractivity contribution is 6.04. The molecule has 1 unspecified atom stereocenters. The lowest BCUT2D eigenvalue weighted by Gasteiger charge is -2.12. The van der Waals surface area contributed by atoms with Crippen molar-refractivity contribution in [2.75, 3.05) is 18.5 Å². The molecule has 1 amide bonds. The predicted molar refractivity (Wildman–Crippen MR) is 87.8 cm³/mol. The minimum absolute atomic E-state index is 0.156. The maximum absolute atomic E-state index is 12.3. The van der Waals surface area contributed by atoms with E-state index in [0.29, 0.717) is 23.7 Å². The molecule has 23 heavy (non-hydrogen) atoms. The molecule has 1 atom stereocenters. The molecule has 5 nitrogen and oxygen atoms in total. The van der Waals surface area contributed by atoms with E-state index in [4.69, 9.17) is 9.47 Å². The zero-order valence-corrected chi connectivity index (χ0v) is 13.1. The van der Waals surface area contributed by atoms with Gasteiger partial charge in [0.1, 0.15) is 18.2 Å². The van der Waals surface area contributed by atoms with Crippen molar-refractivity contribution in [3.63, 3.8) is 0 Å². The summed E-state index contributed by atoms with van der Waals surface area (Å²) in [6.45, 7) is 3.23. The number of benzene rings is 1. The van der Waals surface area contributed by atoms with Crippen molar-refractivity contribution in [1.82, 2.24) is 4.98 Å². The minimum Gasteiger partial charge on any atom is -0.491 e. The van der Waals surface area contributed by atoms with Gasteiger partial charge in [0.25, 0.3) is 5.91 Å². The first-order valence-corrected chi connectivity index (χ1v) is 7.80. The molecule has 1 aromatic carbocycles. The SMILES string of the molecule is Cc1cccnc1NC(=O)c1cccc(OCC2CCCO2)c1. The third kappa shape index (κ3) is 4.07. The first kappa shape index (κ1) is 15.5. The number of aryl methyl sites for hydroxylation is 1. The Morgan fingerprint density at radius 3 is 3.09 bits per heavy atom. The Kier molecular flexibility index (Phi) is 4.88. The maximum atomic E-state index is 12.3. The van der Waals surface area contributed by atoms with Crippen molar-refractivity contribution in [3.05, 3.63) is 53.7 Å². The Balaban J connectivity index is 1.64. The van der Waals surface area contributed by atoms with Crippen molar-refractivity contribution < 1.29 is 14.3 Å². The number of hydrogen-bond donors (Lipinski definition) is 1. The van der Waals surface area contributed by atoms with Crippen LogP contribution in [0, 0.1) is 6.92 Å². The van der Waals surface area contributed by atoms with Gasteiger partial charge in [0.2, 0.25) is 0 Å². The lowest BCUT2D eigenvalue weighted by atomic mass is 10.2. The number of amides is 1. The van der Waals surface area contributed by atoms with Crippen LogP contribution in [-0.2, 0) is 4.74 Å². The van der Waals surface area contributed by atoms with Crippen LogP contribution in [0.2, 0.25) is 0 Å². The number of pyridine rings is 1. The summed E-state index contributed by atoms with van der Waals surface area (Å²) in [5.74, 6) is 1.04. The molecule has 1 N–H and O–H groups in total. The van der Waals surface area contributed by atoms with E-state index in [0.717, 1.165) is 25.0 Å². The van der Waals surface area contributed by atoms with Crippen LogP contribution in [0.25, 0.3) is 0 Å².